The average Bonchev–Trinajstić information content (AvgIpc) is 3.95. The van der Waals surface area contributed by atoms with Crippen molar-refractivity contribution in [2.75, 3.05) is 47.9 Å². The number of aromatic nitrogens is 2. The van der Waals surface area contributed by atoms with Crippen LogP contribution in [-0.2, 0) is 47.5 Å². The Morgan fingerprint density at radius 2 is 1.59 bits per heavy atom. The molecule has 3 atom stereocenters. The van der Waals surface area contributed by atoms with Crippen LogP contribution < -0.4 is 31.0 Å². The largest absolute Gasteiger partial charge is 0.496 e. The van der Waals surface area contributed by atoms with Gasteiger partial charge >= 0.3 is 6.03 Å². The predicted octanol–water partition coefficient (Wildman–Crippen LogP) is 6.56. The van der Waals surface area contributed by atoms with Crippen molar-refractivity contribution in [3.63, 3.8) is 0 Å². The molecule has 16 nitrogen and oxygen atoms in total. The molecule has 0 aliphatic carbocycles. The molecule has 1 saturated heterocycles. The minimum absolute atomic E-state index is 0.0209. The van der Waals surface area contributed by atoms with Gasteiger partial charge in [0.2, 0.25) is 17.7 Å². The molecule has 6 rings (SSSR count). The molecule has 0 saturated carbocycles. The van der Waals surface area contributed by atoms with E-state index >= 15 is 0 Å². The van der Waals surface area contributed by atoms with E-state index in [1.807, 2.05) is 89.9 Å². The van der Waals surface area contributed by atoms with Crippen molar-refractivity contribution in [2.45, 2.75) is 130 Å². The third kappa shape index (κ3) is 13.5. The number of carbonyl (C=O) groups is 4. The highest BCUT2D eigenvalue weighted by Crippen LogP contribution is 2.38. The fourth-order valence-electron chi connectivity index (χ4n) is 9.45. The summed E-state index contributed by atoms with van der Waals surface area (Å²) < 4.78 is 13.1. The minimum Gasteiger partial charge on any atom is -0.496 e. The lowest BCUT2D eigenvalue weighted by molar-refractivity contribution is -0.144. The van der Waals surface area contributed by atoms with Gasteiger partial charge in [-0.1, -0.05) is 77.1 Å². The van der Waals surface area contributed by atoms with Gasteiger partial charge in [-0.25, -0.2) is 9.78 Å². The van der Waals surface area contributed by atoms with Gasteiger partial charge < -0.3 is 49.8 Å². The molecule has 2 aromatic heterocycles. The van der Waals surface area contributed by atoms with Crippen LogP contribution in [0.2, 0.25) is 0 Å². The van der Waals surface area contributed by atoms with Gasteiger partial charge in [-0.05, 0) is 80.1 Å². The number of rotatable bonds is 21. The molecular formula is C53H74N8O8S. The number of nitrogens with zero attached hydrogens (tertiary/aromatic N) is 5. The molecule has 70 heavy (non-hydrogen) atoms. The number of pyridine rings is 1. The molecule has 380 valence electrons. The Balaban J connectivity index is 0.891. The minimum atomic E-state index is -0.869. The lowest BCUT2D eigenvalue weighted by Gasteiger charge is -2.35. The Hall–Kier alpha value is -5.78. The van der Waals surface area contributed by atoms with Crippen molar-refractivity contribution >= 4 is 35.1 Å². The van der Waals surface area contributed by atoms with Crippen molar-refractivity contribution in [1.29, 1.82) is 0 Å². The molecule has 0 radical (unpaired) electrons. The van der Waals surface area contributed by atoms with E-state index in [1.165, 1.54) is 4.90 Å². The van der Waals surface area contributed by atoms with E-state index in [2.05, 4.69) is 25.8 Å². The highest BCUT2D eigenvalue weighted by Gasteiger charge is 2.44. The molecule has 2 aliphatic heterocycles. The van der Waals surface area contributed by atoms with E-state index in [-0.39, 0.29) is 61.8 Å². The molecule has 0 bridgehead atoms. The third-order valence-corrected chi connectivity index (χ3v) is 14.3. The van der Waals surface area contributed by atoms with Gasteiger partial charge in [0.15, 0.2) is 0 Å². The molecular weight excluding hydrogens is 909 g/mol. The van der Waals surface area contributed by atoms with E-state index in [0.29, 0.717) is 49.5 Å². The Bertz CT molecular complexity index is 2490. The van der Waals surface area contributed by atoms with Crippen LogP contribution in [0.5, 0.6) is 11.5 Å². The zero-order valence-electron chi connectivity index (χ0n) is 42.6. The van der Waals surface area contributed by atoms with Gasteiger partial charge in [0.1, 0.15) is 23.6 Å². The molecule has 0 unspecified atom stereocenters. The normalized spacial score (nSPS) is 16.2. The van der Waals surface area contributed by atoms with Crippen molar-refractivity contribution < 1.29 is 33.8 Å². The maximum absolute atomic E-state index is 14.0. The number of hydrogen-bond acceptors (Lipinski definition) is 11. The van der Waals surface area contributed by atoms with E-state index in [0.717, 1.165) is 82.5 Å². The lowest BCUT2D eigenvalue weighted by Crippen LogP contribution is -2.57. The molecule has 4 aromatic rings. The molecule has 4 N–H and O–H groups in total. The van der Waals surface area contributed by atoms with E-state index in [1.54, 1.807) is 42.1 Å². The first-order chi connectivity index (χ1) is 33.4. The summed E-state index contributed by atoms with van der Waals surface area (Å²) in [4.78, 5) is 78.0. The number of amides is 5. The first-order valence-electron chi connectivity index (χ1n) is 24.6. The van der Waals surface area contributed by atoms with Crippen LogP contribution in [-0.4, -0.2) is 119 Å². The molecule has 1 fully saturated rings. The van der Waals surface area contributed by atoms with E-state index in [4.69, 9.17) is 9.47 Å². The van der Waals surface area contributed by atoms with Gasteiger partial charge in [0.05, 0.1) is 48.5 Å². The highest BCUT2D eigenvalue weighted by atomic mass is 32.1. The van der Waals surface area contributed by atoms with Crippen LogP contribution >= 0.6 is 11.3 Å². The average molecular weight is 983 g/mol. The Morgan fingerprint density at radius 3 is 2.20 bits per heavy atom. The van der Waals surface area contributed by atoms with Crippen LogP contribution in [0, 0.1) is 12.3 Å². The van der Waals surface area contributed by atoms with Crippen molar-refractivity contribution in [3.8, 4) is 33.1 Å². The quantitative estimate of drug-likeness (QED) is 0.0667. The number of ether oxygens (including phenoxy) is 2. The Morgan fingerprint density at radius 1 is 0.929 bits per heavy atom. The van der Waals surface area contributed by atoms with Crippen LogP contribution in [0.4, 0.5) is 4.79 Å². The Kier molecular flexibility index (Phi) is 18.6. The topological polar surface area (TPSA) is 188 Å². The summed E-state index contributed by atoms with van der Waals surface area (Å²) in [5, 5.41) is 19.6. The van der Waals surface area contributed by atoms with Crippen molar-refractivity contribution in [1.82, 2.24) is 40.2 Å². The smallest absolute Gasteiger partial charge is 0.317 e. The summed E-state index contributed by atoms with van der Waals surface area (Å²) in [6.07, 6.45) is 8.27. The lowest BCUT2D eigenvalue weighted by atomic mass is 9.85. The highest BCUT2D eigenvalue weighted by molar-refractivity contribution is 7.13. The molecule has 2 aromatic carbocycles. The van der Waals surface area contributed by atoms with Gasteiger partial charge in [-0.15, -0.1) is 11.3 Å². The third-order valence-electron chi connectivity index (χ3n) is 13.3. The van der Waals surface area contributed by atoms with Gasteiger partial charge in [0, 0.05) is 69.9 Å². The second-order valence-electron chi connectivity index (χ2n) is 20.1. The fourth-order valence-corrected chi connectivity index (χ4v) is 10.3. The SMILES string of the molecule is COc1cc(-c2cn(C)c(=O)c3c2CCN(C(=O)NCCCCCCCCCC(=O)N[C@H](C(=O)N2C[C@H](O)C[C@H]2C(=O)NCc2ccc(-c4scnc4C)cc2)C(C)(C)C)C3)cc(OC)c1CN(C)C. The number of nitrogens with one attached hydrogen (secondary N) is 3. The zero-order chi connectivity index (χ0) is 50.7. The number of likely N-dealkylation sites (tertiary alicyclic amines) is 1. The maximum Gasteiger partial charge on any atom is 0.317 e. The monoisotopic (exact) mass is 983 g/mol. The number of urea groups is 1. The van der Waals surface area contributed by atoms with E-state index < -0.39 is 23.6 Å². The maximum atomic E-state index is 14.0. The van der Waals surface area contributed by atoms with E-state index in [9.17, 15) is 29.1 Å². The van der Waals surface area contributed by atoms with Gasteiger partial charge in [-0.3, -0.25) is 19.2 Å². The molecule has 5 amide bonds. The van der Waals surface area contributed by atoms with Crippen molar-refractivity contribution in [2.24, 2.45) is 12.5 Å². The van der Waals surface area contributed by atoms with Crippen LogP contribution in [0.25, 0.3) is 21.6 Å². The predicted molar refractivity (Wildman–Crippen MR) is 274 cm³/mol. The summed E-state index contributed by atoms with van der Waals surface area (Å²) in [6, 6.07) is 10.0. The summed E-state index contributed by atoms with van der Waals surface area (Å²) in [6.45, 7) is 9.83. The summed E-state index contributed by atoms with van der Waals surface area (Å²) in [5.41, 5.74) is 8.32. The number of β-amino-alcohol motifs (C(OH)–C–C–N with tert-alkyl or cyclic N) is 1. The standard InChI is InChI=1S/C53H74N8O8S/c1-34-47(70-33-56-34)36-20-18-35(19-21-36)28-55-49(64)43-27-38(62)29-61(43)51(66)48(53(2,3)4)57-46(63)17-15-13-11-10-12-14-16-23-54-52(67)60-24-22-39-40(31-59(7)50(65)41(39)32-60)37-25-44(68-8)42(30-58(5)6)45(26-37)69-9/h18-21,25-26,31,33,38,43,48,62H,10-17,22-24,27-30,32H2,1-9H3,(H,54,67)(H,55,64)(H,57,63)/t38-,43+,48-/m1/s1. The Labute approximate surface area is 417 Å². The number of methoxy groups -OCH3 is 2. The number of thiazole rings is 1. The molecule has 17 heteroatoms. The summed E-state index contributed by atoms with van der Waals surface area (Å²) in [5.74, 6) is 0.487. The summed E-state index contributed by atoms with van der Waals surface area (Å²) >= 11 is 1.58. The van der Waals surface area contributed by atoms with Gasteiger partial charge in [-0.2, -0.15) is 0 Å². The number of hydrogen-bond donors (Lipinski definition) is 4. The van der Waals surface area contributed by atoms with Crippen LogP contribution in [0.15, 0.2) is 52.9 Å². The number of aliphatic hydroxyl groups is 1. The molecule has 4 heterocycles. The molecule has 0 spiro atoms. The summed E-state index contributed by atoms with van der Waals surface area (Å²) in [7, 11) is 9.00. The first kappa shape index (κ1) is 53.6. The van der Waals surface area contributed by atoms with Crippen LogP contribution in [0.3, 0.4) is 0 Å². The number of aliphatic hydroxyl groups excluding tert-OH is 1. The second-order valence-corrected chi connectivity index (χ2v) is 20.9. The number of benzene rings is 2. The number of aryl methyl sites for hydroxylation is 2. The number of fused-ring (bicyclic) bond motifs is 1. The zero-order valence-corrected chi connectivity index (χ0v) is 43.4. The number of unbranched alkanes of at least 4 members (excludes halogenated alkanes) is 6. The van der Waals surface area contributed by atoms with Crippen molar-refractivity contribution in [3.05, 3.63) is 86.4 Å². The number of carbonyl (C=O) groups excluding carboxylic acids is 4. The van der Waals surface area contributed by atoms with Gasteiger partial charge in [0.25, 0.3) is 5.56 Å². The first-order valence-corrected chi connectivity index (χ1v) is 25.5. The second kappa shape index (κ2) is 24.4. The molecule has 2 aliphatic rings. The van der Waals surface area contributed by atoms with Crippen LogP contribution in [0.1, 0.15) is 107 Å². The fraction of sp³-hybridized carbons (Fsp3) is 0.547.